The van der Waals surface area contributed by atoms with Crippen molar-refractivity contribution in [2.45, 2.75) is 25.0 Å². The van der Waals surface area contributed by atoms with E-state index in [-0.39, 0.29) is 5.60 Å². The highest BCUT2D eigenvalue weighted by atomic mass is 16.6. The largest absolute Gasteiger partial charge is 0.373 e. The normalized spacial score (nSPS) is 52.9. The van der Waals surface area contributed by atoms with Gasteiger partial charge in [0.1, 0.15) is 0 Å². The highest BCUT2D eigenvalue weighted by Crippen LogP contribution is 2.34. The molecule has 2 fully saturated rings. The van der Waals surface area contributed by atoms with Gasteiger partial charge >= 0.3 is 0 Å². The van der Waals surface area contributed by atoms with Crippen molar-refractivity contribution >= 4 is 0 Å². The standard InChI is InChI=1S/C6H10O2/c1-6-2-5(3-8-6)7-4-6/h5H,2-4H2,1H3. The Kier molecular flexibility index (Phi) is 0.746. The Morgan fingerprint density at radius 1 is 1.62 bits per heavy atom. The zero-order valence-corrected chi connectivity index (χ0v) is 5.02. The van der Waals surface area contributed by atoms with Gasteiger partial charge in [-0.25, -0.2) is 0 Å². The van der Waals surface area contributed by atoms with Gasteiger partial charge in [-0.1, -0.05) is 0 Å². The van der Waals surface area contributed by atoms with Crippen LogP contribution in [0.3, 0.4) is 0 Å². The van der Waals surface area contributed by atoms with E-state index in [1.807, 2.05) is 0 Å². The lowest BCUT2D eigenvalue weighted by Gasteiger charge is -2.19. The molecule has 0 aromatic heterocycles. The average molecular weight is 114 g/mol. The molecule has 2 aliphatic heterocycles. The lowest BCUT2D eigenvalue weighted by atomic mass is 10.1. The number of rotatable bonds is 0. The third-order valence-corrected chi connectivity index (χ3v) is 1.90. The molecule has 2 nitrogen and oxygen atoms in total. The molecule has 0 aromatic carbocycles. The molecule has 0 saturated carbocycles. The highest BCUT2D eigenvalue weighted by Gasteiger charge is 2.43. The molecule has 0 amide bonds. The van der Waals surface area contributed by atoms with Crippen LogP contribution in [0.1, 0.15) is 13.3 Å². The van der Waals surface area contributed by atoms with Crippen LogP contribution in [0.2, 0.25) is 0 Å². The van der Waals surface area contributed by atoms with E-state index in [1.54, 1.807) is 0 Å². The summed E-state index contributed by atoms with van der Waals surface area (Å²) in [7, 11) is 0. The summed E-state index contributed by atoms with van der Waals surface area (Å²) in [6.07, 6.45) is 1.52. The molecule has 0 aromatic rings. The lowest BCUT2D eigenvalue weighted by Crippen LogP contribution is -2.27. The quantitative estimate of drug-likeness (QED) is 0.458. The second kappa shape index (κ2) is 1.25. The van der Waals surface area contributed by atoms with Crippen molar-refractivity contribution in [1.29, 1.82) is 0 Å². The van der Waals surface area contributed by atoms with Crippen molar-refractivity contribution in [3.8, 4) is 0 Å². The zero-order chi connectivity index (χ0) is 5.61. The van der Waals surface area contributed by atoms with E-state index in [2.05, 4.69) is 6.92 Å². The molecular formula is C6H10O2. The topological polar surface area (TPSA) is 18.5 Å². The molecule has 2 rings (SSSR count). The fourth-order valence-corrected chi connectivity index (χ4v) is 1.40. The van der Waals surface area contributed by atoms with Gasteiger partial charge in [0, 0.05) is 6.42 Å². The minimum atomic E-state index is 0.0880. The fraction of sp³-hybridized carbons (Fsp3) is 1.00. The lowest BCUT2D eigenvalue weighted by molar-refractivity contribution is -0.0850. The van der Waals surface area contributed by atoms with E-state index in [0.29, 0.717) is 6.10 Å². The molecule has 2 unspecified atom stereocenters. The van der Waals surface area contributed by atoms with Crippen LogP contribution >= 0.6 is 0 Å². The van der Waals surface area contributed by atoms with Gasteiger partial charge in [0.2, 0.25) is 0 Å². The first-order valence-corrected chi connectivity index (χ1v) is 3.04. The van der Waals surface area contributed by atoms with Crippen LogP contribution in [0.4, 0.5) is 0 Å². The predicted octanol–water partition coefficient (Wildman–Crippen LogP) is 0.564. The maximum atomic E-state index is 5.41. The first-order chi connectivity index (χ1) is 3.79. The van der Waals surface area contributed by atoms with E-state index in [1.165, 1.54) is 0 Å². The molecule has 2 aliphatic rings. The maximum Gasteiger partial charge on any atom is 0.0913 e. The van der Waals surface area contributed by atoms with Crippen LogP contribution in [-0.4, -0.2) is 24.9 Å². The highest BCUT2D eigenvalue weighted by molar-refractivity contribution is 4.91. The summed E-state index contributed by atoms with van der Waals surface area (Å²) in [6, 6.07) is 0. The summed E-state index contributed by atoms with van der Waals surface area (Å²) in [4.78, 5) is 0. The average Bonchev–Trinajstić information content (AvgIpc) is 2.21. The van der Waals surface area contributed by atoms with Crippen molar-refractivity contribution in [1.82, 2.24) is 0 Å². The molecule has 0 spiro atoms. The third kappa shape index (κ3) is 0.501. The molecule has 2 heteroatoms. The molecule has 0 aliphatic carbocycles. The van der Waals surface area contributed by atoms with Crippen molar-refractivity contribution in [3.05, 3.63) is 0 Å². The van der Waals surface area contributed by atoms with Crippen LogP contribution in [-0.2, 0) is 9.47 Å². The van der Waals surface area contributed by atoms with E-state index in [0.717, 1.165) is 19.6 Å². The molecule has 2 bridgehead atoms. The number of hydrogen-bond acceptors (Lipinski definition) is 2. The minimum Gasteiger partial charge on any atom is -0.373 e. The van der Waals surface area contributed by atoms with Gasteiger partial charge in [-0.2, -0.15) is 0 Å². The van der Waals surface area contributed by atoms with E-state index >= 15 is 0 Å². The van der Waals surface area contributed by atoms with Gasteiger partial charge in [0.15, 0.2) is 0 Å². The van der Waals surface area contributed by atoms with E-state index in [4.69, 9.17) is 9.47 Å². The van der Waals surface area contributed by atoms with Crippen LogP contribution in [0.15, 0.2) is 0 Å². The van der Waals surface area contributed by atoms with Gasteiger partial charge in [-0.15, -0.1) is 0 Å². The Morgan fingerprint density at radius 2 is 2.50 bits per heavy atom. The van der Waals surface area contributed by atoms with Crippen LogP contribution in [0.25, 0.3) is 0 Å². The monoisotopic (exact) mass is 114 g/mol. The number of hydrogen-bond donors (Lipinski definition) is 0. The summed E-state index contributed by atoms with van der Waals surface area (Å²) >= 11 is 0. The van der Waals surface area contributed by atoms with Gasteiger partial charge in [0.25, 0.3) is 0 Å². The number of ether oxygens (including phenoxy) is 2. The second-order valence-corrected chi connectivity index (χ2v) is 2.90. The van der Waals surface area contributed by atoms with Crippen LogP contribution in [0.5, 0.6) is 0 Å². The zero-order valence-electron chi connectivity index (χ0n) is 5.02. The van der Waals surface area contributed by atoms with Crippen LogP contribution < -0.4 is 0 Å². The summed E-state index contributed by atoms with van der Waals surface area (Å²) in [6.45, 7) is 3.73. The van der Waals surface area contributed by atoms with Gasteiger partial charge in [0.05, 0.1) is 24.9 Å². The summed E-state index contributed by atoms with van der Waals surface area (Å²) in [5.74, 6) is 0. The molecule has 2 saturated heterocycles. The smallest absolute Gasteiger partial charge is 0.0913 e. The first kappa shape index (κ1) is 4.77. The molecule has 2 heterocycles. The van der Waals surface area contributed by atoms with E-state index < -0.39 is 0 Å². The Hall–Kier alpha value is -0.0800. The van der Waals surface area contributed by atoms with Crippen LogP contribution in [0, 0.1) is 0 Å². The third-order valence-electron chi connectivity index (χ3n) is 1.90. The van der Waals surface area contributed by atoms with Gasteiger partial charge < -0.3 is 9.47 Å². The SMILES string of the molecule is CC12COC(CO1)C2. The van der Waals surface area contributed by atoms with Gasteiger partial charge in [-0.05, 0) is 6.92 Å². The Balaban J connectivity index is 2.19. The van der Waals surface area contributed by atoms with Gasteiger partial charge in [-0.3, -0.25) is 0 Å². The summed E-state index contributed by atoms with van der Waals surface area (Å²) in [5.41, 5.74) is 0.0880. The minimum absolute atomic E-state index is 0.0880. The Morgan fingerprint density at radius 3 is 2.62 bits per heavy atom. The Labute approximate surface area is 48.8 Å². The van der Waals surface area contributed by atoms with Crippen molar-refractivity contribution in [2.75, 3.05) is 13.2 Å². The number of fused-ring (bicyclic) bond motifs is 2. The van der Waals surface area contributed by atoms with Crippen molar-refractivity contribution in [2.24, 2.45) is 0 Å². The molecule has 2 atom stereocenters. The molecule has 8 heavy (non-hydrogen) atoms. The fourth-order valence-electron chi connectivity index (χ4n) is 1.40. The summed E-state index contributed by atoms with van der Waals surface area (Å²) < 4.78 is 10.7. The molecule has 0 radical (unpaired) electrons. The maximum absolute atomic E-state index is 5.41. The molecule has 0 N–H and O–H groups in total. The Bertz CT molecular complexity index is 103. The first-order valence-electron chi connectivity index (χ1n) is 3.04. The summed E-state index contributed by atoms with van der Waals surface area (Å²) in [5, 5.41) is 0. The molecular weight excluding hydrogens is 104 g/mol. The van der Waals surface area contributed by atoms with Crippen molar-refractivity contribution < 1.29 is 9.47 Å². The van der Waals surface area contributed by atoms with Crippen molar-refractivity contribution in [3.63, 3.8) is 0 Å². The predicted molar refractivity (Wildman–Crippen MR) is 28.7 cm³/mol. The van der Waals surface area contributed by atoms with E-state index in [9.17, 15) is 0 Å². The molecule has 46 valence electrons. The second-order valence-electron chi connectivity index (χ2n) is 2.90.